The normalized spacial score (nSPS) is 39.8. The molecule has 0 amide bonds. The van der Waals surface area contributed by atoms with Crippen molar-refractivity contribution in [1.82, 2.24) is 0 Å². The van der Waals surface area contributed by atoms with Gasteiger partial charge in [-0.25, -0.2) is 4.39 Å². The molecule has 4 rings (SSSR count). The highest BCUT2D eigenvalue weighted by molar-refractivity contribution is 6.01. The molecule has 0 bridgehead atoms. The standard InChI is InChI=1S/C31H41FO8/c1-7-25(35)38-17-22(34)30(6)23(39-26(36)8-2)15-21-20-11-10-18-14-19(33)12-13-28(18,4)31(20,32)24(16-29(21,30)5)40-27(37)9-3/h12-14,20-21,23-24H,7-11,15-17H2,1-6H3/t20?,21?,23-,24?,28?,29?,30+,31+/m1/s1. The Hall–Kier alpha value is -2.84. The van der Waals surface area contributed by atoms with Crippen LogP contribution in [0.4, 0.5) is 4.39 Å². The smallest absolute Gasteiger partial charge is 0.305 e. The van der Waals surface area contributed by atoms with Gasteiger partial charge in [0.2, 0.25) is 0 Å². The molecule has 0 aromatic carbocycles. The number of carbonyl (C=O) groups is 5. The second-order valence-corrected chi connectivity index (χ2v) is 12.3. The summed E-state index contributed by atoms with van der Waals surface area (Å²) < 4.78 is 35.1. The number of halogens is 1. The van der Waals surface area contributed by atoms with Crippen molar-refractivity contribution in [3.63, 3.8) is 0 Å². The summed E-state index contributed by atoms with van der Waals surface area (Å²) in [5, 5.41) is 0. The second-order valence-electron chi connectivity index (χ2n) is 12.3. The predicted octanol–water partition coefficient (Wildman–Crippen LogP) is 4.78. The highest BCUT2D eigenvalue weighted by Crippen LogP contribution is 2.72. The topological polar surface area (TPSA) is 113 Å². The van der Waals surface area contributed by atoms with Crippen molar-refractivity contribution in [1.29, 1.82) is 0 Å². The van der Waals surface area contributed by atoms with E-state index in [9.17, 15) is 24.0 Å². The first kappa shape index (κ1) is 30.1. The zero-order chi connectivity index (χ0) is 29.7. The lowest BCUT2D eigenvalue weighted by Gasteiger charge is -2.63. The summed E-state index contributed by atoms with van der Waals surface area (Å²) in [6.07, 6.45) is 3.72. The quantitative estimate of drug-likeness (QED) is 0.308. The van der Waals surface area contributed by atoms with E-state index in [0.717, 1.165) is 0 Å². The highest BCUT2D eigenvalue weighted by atomic mass is 19.1. The van der Waals surface area contributed by atoms with Crippen LogP contribution < -0.4 is 0 Å². The minimum Gasteiger partial charge on any atom is -0.461 e. The Bertz CT molecular complexity index is 1170. The molecule has 0 spiro atoms. The van der Waals surface area contributed by atoms with Gasteiger partial charge in [-0.3, -0.25) is 24.0 Å². The van der Waals surface area contributed by atoms with E-state index in [-0.39, 0.29) is 37.9 Å². The van der Waals surface area contributed by atoms with Gasteiger partial charge in [-0.1, -0.05) is 39.3 Å². The maximum absolute atomic E-state index is 18.1. The molecule has 4 aliphatic rings. The Labute approximate surface area is 235 Å². The molecule has 8 atom stereocenters. The summed E-state index contributed by atoms with van der Waals surface area (Å²) in [6.45, 7) is 9.78. The summed E-state index contributed by atoms with van der Waals surface area (Å²) in [6, 6.07) is 0. The molecule has 4 aliphatic carbocycles. The first-order valence-corrected chi connectivity index (χ1v) is 14.4. The first-order chi connectivity index (χ1) is 18.7. The van der Waals surface area contributed by atoms with E-state index in [1.807, 2.05) is 6.92 Å². The average molecular weight is 561 g/mol. The van der Waals surface area contributed by atoms with Crippen molar-refractivity contribution in [3.05, 3.63) is 23.8 Å². The zero-order valence-electron chi connectivity index (χ0n) is 24.3. The number of fused-ring (bicyclic) bond motifs is 5. The van der Waals surface area contributed by atoms with E-state index in [1.165, 1.54) is 12.2 Å². The number of alkyl halides is 1. The van der Waals surface area contributed by atoms with Crippen molar-refractivity contribution in [2.45, 2.75) is 104 Å². The van der Waals surface area contributed by atoms with Gasteiger partial charge in [0.15, 0.2) is 23.8 Å². The lowest BCUT2D eigenvalue weighted by Crippen LogP contribution is -2.68. The number of ether oxygens (including phenoxy) is 3. The summed E-state index contributed by atoms with van der Waals surface area (Å²) in [7, 11) is 0. The van der Waals surface area contributed by atoms with E-state index in [0.29, 0.717) is 18.4 Å². The molecule has 0 aliphatic heterocycles. The molecule has 40 heavy (non-hydrogen) atoms. The Morgan fingerprint density at radius 3 is 2.12 bits per heavy atom. The SMILES string of the molecule is CCC(=O)OCC(=O)[C@@]1(C)[C@H](OC(=O)CC)CC2C3CCC4=CC(=O)C=CC4(C)[C@@]3(F)C(OC(=O)CC)CC21C. The van der Waals surface area contributed by atoms with Crippen LogP contribution in [0.2, 0.25) is 0 Å². The minimum absolute atomic E-state index is 0.00516. The Morgan fingerprint density at radius 1 is 0.925 bits per heavy atom. The molecule has 5 unspecified atom stereocenters. The number of carbonyl (C=O) groups excluding carboxylic acids is 5. The third-order valence-electron chi connectivity index (χ3n) is 10.7. The number of Topliss-reactive ketones (excluding diaryl/α,β-unsaturated/α-hetero) is 1. The fourth-order valence-corrected chi connectivity index (χ4v) is 8.06. The number of allylic oxidation sites excluding steroid dienone is 4. The first-order valence-electron chi connectivity index (χ1n) is 14.4. The lowest BCUT2D eigenvalue weighted by atomic mass is 9.43. The molecule has 0 saturated heterocycles. The van der Waals surface area contributed by atoms with Gasteiger partial charge in [0.25, 0.3) is 0 Å². The van der Waals surface area contributed by atoms with Gasteiger partial charge in [-0.2, -0.15) is 0 Å². The van der Waals surface area contributed by atoms with Crippen LogP contribution in [0.15, 0.2) is 23.8 Å². The molecule has 0 aromatic rings. The largest absolute Gasteiger partial charge is 0.461 e. The Morgan fingerprint density at radius 2 is 1.52 bits per heavy atom. The number of rotatable bonds is 8. The molecule has 3 saturated carbocycles. The summed E-state index contributed by atoms with van der Waals surface area (Å²) in [5.74, 6) is -3.25. The average Bonchev–Trinajstić information content (AvgIpc) is 3.14. The molecule has 220 valence electrons. The van der Waals surface area contributed by atoms with Gasteiger partial charge < -0.3 is 14.2 Å². The maximum Gasteiger partial charge on any atom is 0.305 e. The fraction of sp³-hybridized carbons (Fsp3) is 0.710. The molecule has 0 radical (unpaired) electrons. The van der Waals surface area contributed by atoms with Gasteiger partial charge in [0, 0.05) is 30.6 Å². The molecule has 3 fully saturated rings. The van der Waals surface area contributed by atoms with Crippen molar-refractivity contribution >= 4 is 29.5 Å². The summed E-state index contributed by atoms with van der Waals surface area (Å²) in [5.41, 5.74) is -4.88. The third-order valence-corrected chi connectivity index (χ3v) is 10.7. The zero-order valence-corrected chi connectivity index (χ0v) is 24.3. The van der Waals surface area contributed by atoms with Crippen molar-refractivity contribution in [2.24, 2.45) is 28.1 Å². The van der Waals surface area contributed by atoms with E-state index in [1.54, 1.807) is 40.7 Å². The number of hydrogen-bond donors (Lipinski definition) is 0. The molecule has 0 heterocycles. The van der Waals surface area contributed by atoms with Crippen LogP contribution in [0.25, 0.3) is 0 Å². The fourth-order valence-electron chi connectivity index (χ4n) is 8.06. The molecular weight excluding hydrogens is 519 g/mol. The molecular formula is C31H41FO8. The van der Waals surface area contributed by atoms with E-state index >= 15 is 4.39 Å². The van der Waals surface area contributed by atoms with Gasteiger partial charge in [-0.15, -0.1) is 0 Å². The van der Waals surface area contributed by atoms with Crippen LogP contribution in [0.3, 0.4) is 0 Å². The van der Waals surface area contributed by atoms with Crippen LogP contribution in [0, 0.1) is 28.1 Å². The molecule has 0 N–H and O–H groups in total. The van der Waals surface area contributed by atoms with Gasteiger partial charge in [-0.05, 0) is 63.0 Å². The number of hydrogen-bond acceptors (Lipinski definition) is 8. The monoisotopic (exact) mass is 560 g/mol. The van der Waals surface area contributed by atoms with Crippen LogP contribution >= 0.6 is 0 Å². The van der Waals surface area contributed by atoms with E-state index in [2.05, 4.69) is 0 Å². The highest BCUT2D eigenvalue weighted by Gasteiger charge is 2.76. The third kappa shape index (κ3) is 4.26. The predicted molar refractivity (Wildman–Crippen MR) is 142 cm³/mol. The Kier molecular flexibility index (Phi) is 7.93. The number of ketones is 2. The van der Waals surface area contributed by atoms with Crippen LogP contribution in [-0.2, 0) is 38.2 Å². The van der Waals surface area contributed by atoms with Crippen molar-refractivity contribution in [2.75, 3.05) is 6.61 Å². The van der Waals surface area contributed by atoms with Gasteiger partial charge in [0.1, 0.15) is 12.2 Å². The van der Waals surface area contributed by atoms with Crippen molar-refractivity contribution < 1.29 is 42.6 Å². The van der Waals surface area contributed by atoms with Crippen LogP contribution in [0.1, 0.15) is 86.5 Å². The van der Waals surface area contributed by atoms with E-state index < -0.39 is 76.3 Å². The van der Waals surface area contributed by atoms with Gasteiger partial charge >= 0.3 is 17.9 Å². The minimum atomic E-state index is -2.06. The Balaban J connectivity index is 1.86. The van der Waals surface area contributed by atoms with Crippen LogP contribution in [-0.4, -0.2) is 54.0 Å². The summed E-state index contributed by atoms with van der Waals surface area (Å²) >= 11 is 0. The maximum atomic E-state index is 18.1. The van der Waals surface area contributed by atoms with Gasteiger partial charge in [0.05, 0.1) is 5.41 Å². The molecule has 9 heteroatoms. The number of esters is 3. The van der Waals surface area contributed by atoms with Crippen molar-refractivity contribution in [3.8, 4) is 0 Å². The second kappa shape index (κ2) is 10.5. The van der Waals surface area contributed by atoms with Crippen LogP contribution in [0.5, 0.6) is 0 Å². The lowest BCUT2D eigenvalue weighted by molar-refractivity contribution is -0.221. The molecule has 0 aromatic heterocycles. The molecule has 8 nitrogen and oxygen atoms in total. The summed E-state index contributed by atoms with van der Waals surface area (Å²) in [4.78, 5) is 63.4. The van der Waals surface area contributed by atoms with E-state index in [4.69, 9.17) is 14.2 Å².